The Kier molecular flexibility index (Phi) is 7.11. The van der Waals surface area contributed by atoms with E-state index in [1.807, 2.05) is 6.92 Å². The van der Waals surface area contributed by atoms with Crippen LogP contribution in [0, 0.1) is 5.82 Å². The van der Waals surface area contributed by atoms with Crippen molar-refractivity contribution in [3.63, 3.8) is 0 Å². The van der Waals surface area contributed by atoms with Crippen LogP contribution in [0.2, 0.25) is 0 Å². The average Bonchev–Trinajstić information content (AvgIpc) is 2.46. The molecule has 0 aliphatic carbocycles. The summed E-state index contributed by atoms with van der Waals surface area (Å²) in [6, 6.07) is 4.83. The molecule has 1 aromatic carbocycles. The van der Waals surface area contributed by atoms with E-state index in [9.17, 15) is 12.8 Å². The van der Waals surface area contributed by atoms with Crippen molar-refractivity contribution < 1.29 is 17.5 Å². The summed E-state index contributed by atoms with van der Waals surface area (Å²) in [5, 5.41) is 3.28. The molecule has 0 fully saturated rings. The van der Waals surface area contributed by atoms with E-state index in [0.717, 1.165) is 18.5 Å². The summed E-state index contributed by atoms with van der Waals surface area (Å²) < 4.78 is 41.8. The van der Waals surface area contributed by atoms with Crippen molar-refractivity contribution in [1.82, 2.24) is 5.32 Å². The number of sulfone groups is 1. The van der Waals surface area contributed by atoms with Gasteiger partial charge in [0.05, 0.1) is 5.75 Å². The Morgan fingerprint density at radius 3 is 2.62 bits per heavy atom. The maximum absolute atomic E-state index is 13.9. The quantitative estimate of drug-likeness (QED) is 0.761. The molecule has 1 atom stereocenters. The molecule has 0 aromatic heterocycles. The lowest BCUT2D eigenvalue weighted by Gasteiger charge is -2.15. The first kappa shape index (κ1) is 17.9. The van der Waals surface area contributed by atoms with Crippen LogP contribution in [-0.4, -0.2) is 33.1 Å². The van der Waals surface area contributed by atoms with Crippen molar-refractivity contribution in [2.75, 3.05) is 24.7 Å². The normalized spacial score (nSPS) is 13.1. The van der Waals surface area contributed by atoms with Gasteiger partial charge in [0.2, 0.25) is 0 Å². The predicted molar refractivity (Wildman–Crippen MR) is 82.9 cm³/mol. The molecule has 0 heterocycles. The van der Waals surface area contributed by atoms with Crippen LogP contribution < -0.4 is 10.1 Å². The van der Waals surface area contributed by atoms with Crippen molar-refractivity contribution in [2.24, 2.45) is 0 Å². The maximum Gasteiger partial charge on any atom is 0.165 e. The van der Waals surface area contributed by atoms with Gasteiger partial charge in [0.25, 0.3) is 0 Å². The van der Waals surface area contributed by atoms with Gasteiger partial charge in [-0.25, -0.2) is 12.8 Å². The van der Waals surface area contributed by atoms with Gasteiger partial charge in [-0.05, 0) is 37.6 Å². The number of hydrogen-bond donors (Lipinski definition) is 1. The number of rotatable bonds is 9. The maximum atomic E-state index is 13.9. The standard InChI is InChI=1S/C15H24FNO3S/c1-4-8-17-12(3)13-6-7-15(14(16)11-13)20-9-10-21(18,19)5-2/h6-7,11-12,17H,4-5,8-10H2,1-3H3. The molecule has 0 saturated carbocycles. The highest BCUT2D eigenvalue weighted by Crippen LogP contribution is 2.22. The molecule has 1 N–H and O–H groups in total. The lowest BCUT2D eigenvalue weighted by molar-refractivity contribution is 0.322. The Hall–Kier alpha value is -1.14. The molecule has 1 unspecified atom stereocenters. The largest absolute Gasteiger partial charge is 0.489 e. The highest BCUT2D eigenvalue weighted by atomic mass is 32.2. The number of halogens is 1. The molecule has 0 aliphatic heterocycles. The number of hydrogen-bond acceptors (Lipinski definition) is 4. The Morgan fingerprint density at radius 2 is 2.05 bits per heavy atom. The molecular formula is C15H24FNO3S. The summed E-state index contributed by atoms with van der Waals surface area (Å²) in [6.07, 6.45) is 1.01. The molecular weight excluding hydrogens is 293 g/mol. The van der Waals surface area contributed by atoms with Crippen LogP contribution in [0.1, 0.15) is 38.8 Å². The summed E-state index contributed by atoms with van der Waals surface area (Å²) in [7, 11) is -3.09. The minimum atomic E-state index is -3.09. The highest BCUT2D eigenvalue weighted by molar-refractivity contribution is 7.91. The Labute approximate surface area is 126 Å². The minimum Gasteiger partial charge on any atom is -0.489 e. The van der Waals surface area contributed by atoms with Crippen molar-refractivity contribution in [3.8, 4) is 5.75 Å². The third-order valence-corrected chi connectivity index (χ3v) is 4.92. The molecule has 120 valence electrons. The SMILES string of the molecule is CCCNC(C)c1ccc(OCCS(=O)(=O)CC)c(F)c1. The summed E-state index contributed by atoms with van der Waals surface area (Å²) in [5.41, 5.74) is 0.842. The fourth-order valence-corrected chi connectivity index (χ4v) is 2.43. The van der Waals surface area contributed by atoms with E-state index in [1.165, 1.54) is 6.07 Å². The number of nitrogens with one attached hydrogen (secondary N) is 1. The summed E-state index contributed by atoms with van der Waals surface area (Å²) in [4.78, 5) is 0. The van der Waals surface area contributed by atoms with Gasteiger partial charge < -0.3 is 10.1 Å². The van der Waals surface area contributed by atoms with Crippen molar-refractivity contribution in [2.45, 2.75) is 33.2 Å². The van der Waals surface area contributed by atoms with Gasteiger partial charge >= 0.3 is 0 Å². The zero-order valence-electron chi connectivity index (χ0n) is 12.9. The fraction of sp³-hybridized carbons (Fsp3) is 0.600. The van der Waals surface area contributed by atoms with Gasteiger partial charge in [-0.3, -0.25) is 0 Å². The Morgan fingerprint density at radius 1 is 1.33 bits per heavy atom. The highest BCUT2D eigenvalue weighted by Gasteiger charge is 2.11. The monoisotopic (exact) mass is 317 g/mol. The number of benzene rings is 1. The third-order valence-electron chi connectivity index (χ3n) is 3.25. The van der Waals surface area contributed by atoms with E-state index >= 15 is 0 Å². The molecule has 0 saturated heterocycles. The Balaban J connectivity index is 2.62. The Bertz CT molecular complexity index is 546. The smallest absolute Gasteiger partial charge is 0.165 e. The minimum absolute atomic E-state index is 0.0317. The topological polar surface area (TPSA) is 55.4 Å². The molecule has 21 heavy (non-hydrogen) atoms. The summed E-state index contributed by atoms with van der Waals surface area (Å²) in [6.45, 7) is 6.46. The van der Waals surface area contributed by atoms with Gasteiger partial charge in [-0.15, -0.1) is 0 Å². The molecule has 0 bridgehead atoms. The molecule has 6 heteroatoms. The van der Waals surface area contributed by atoms with Crippen molar-refractivity contribution >= 4 is 9.84 Å². The third kappa shape index (κ3) is 6.01. The van der Waals surface area contributed by atoms with Gasteiger partial charge in [0.1, 0.15) is 6.61 Å². The number of ether oxygens (including phenoxy) is 1. The van der Waals surface area contributed by atoms with Crippen LogP contribution in [0.15, 0.2) is 18.2 Å². The molecule has 1 aromatic rings. The molecule has 0 aliphatic rings. The van der Waals surface area contributed by atoms with E-state index < -0.39 is 15.7 Å². The van der Waals surface area contributed by atoms with Crippen LogP contribution in [0.25, 0.3) is 0 Å². The van der Waals surface area contributed by atoms with E-state index in [0.29, 0.717) is 0 Å². The van der Waals surface area contributed by atoms with Crippen LogP contribution in [0.5, 0.6) is 5.75 Å². The first-order valence-corrected chi connectivity index (χ1v) is 9.07. The second-order valence-corrected chi connectivity index (χ2v) is 7.42. The fourth-order valence-electron chi connectivity index (χ4n) is 1.81. The summed E-state index contributed by atoms with van der Waals surface area (Å²) in [5.74, 6) is -0.406. The van der Waals surface area contributed by atoms with Crippen LogP contribution in [-0.2, 0) is 9.84 Å². The van der Waals surface area contributed by atoms with E-state index in [-0.39, 0.29) is 29.9 Å². The molecule has 1 rings (SSSR count). The van der Waals surface area contributed by atoms with Gasteiger partial charge in [-0.2, -0.15) is 0 Å². The molecule has 0 amide bonds. The average molecular weight is 317 g/mol. The second kappa shape index (κ2) is 8.34. The van der Waals surface area contributed by atoms with Crippen LogP contribution >= 0.6 is 0 Å². The van der Waals surface area contributed by atoms with E-state index in [4.69, 9.17) is 4.74 Å². The van der Waals surface area contributed by atoms with Crippen LogP contribution in [0.3, 0.4) is 0 Å². The van der Waals surface area contributed by atoms with Crippen molar-refractivity contribution in [3.05, 3.63) is 29.6 Å². The lowest BCUT2D eigenvalue weighted by Crippen LogP contribution is -2.19. The van der Waals surface area contributed by atoms with Gasteiger partial charge in [0, 0.05) is 11.8 Å². The van der Waals surface area contributed by atoms with E-state index in [1.54, 1.807) is 19.1 Å². The van der Waals surface area contributed by atoms with Crippen LogP contribution in [0.4, 0.5) is 4.39 Å². The van der Waals surface area contributed by atoms with Gasteiger partial charge in [-0.1, -0.05) is 19.9 Å². The molecule has 4 nitrogen and oxygen atoms in total. The zero-order valence-corrected chi connectivity index (χ0v) is 13.7. The molecule has 0 radical (unpaired) electrons. The summed E-state index contributed by atoms with van der Waals surface area (Å²) >= 11 is 0. The van der Waals surface area contributed by atoms with Crippen molar-refractivity contribution in [1.29, 1.82) is 0 Å². The predicted octanol–water partition coefficient (Wildman–Crippen LogP) is 2.70. The lowest BCUT2D eigenvalue weighted by atomic mass is 10.1. The zero-order chi connectivity index (χ0) is 15.9. The first-order chi connectivity index (χ1) is 9.89. The second-order valence-electron chi connectivity index (χ2n) is 4.95. The van der Waals surface area contributed by atoms with Gasteiger partial charge in [0.15, 0.2) is 21.4 Å². The first-order valence-electron chi connectivity index (χ1n) is 7.25. The van der Waals surface area contributed by atoms with E-state index in [2.05, 4.69) is 12.2 Å². The molecule has 0 spiro atoms.